The monoisotopic (exact) mass is 402 g/mol. The Bertz CT molecular complexity index is 1280. The summed E-state index contributed by atoms with van der Waals surface area (Å²) in [7, 11) is 6.21. The van der Waals surface area contributed by atoms with Crippen LogP contribution in [0.15, 0.2) is 53.6 Å². The number of piperidine rings is 1. The molecule has 4 heterocycles. The van der Waals surface area contributed by atoms with Gasteiger partial charge in [-0.15, -0.1) is 0 Å². The lowest BCUT2D eigenvalue weighted by Gasteiger charge is -2.36. The molecule has 7 heteroatoms. The topological polar surface area (TPSA) is 58.7 Å². The van der Waals surface area contributed by atoms with E-state index in [-0.39, 0.29) is 5.56 Å². The van der Waals surface area contributed by atoms with Crippen LogP contribution in [0, 0.1) is 0 Å². The van der Waals surface area contributed by atoms with Crippen LogP contribution in [0.3, 0.4) is 0 Å². The molecular formula is C23H26N6O. The summed E-state index contributed by atoms with van der Waals surface area (Å²) < 4.78 is 3.49. The van der Waals surface area contributed by atoms with E-state index in [0.717, 1.165) is 48.1 Å². The third-order valence-electron chi connectivity index (χ3n) is 6.25. The van der Waals surface area contributed by atoms with Crippen molar-refractivity contribution in [2.24, 2.45) is 7.05 Å². The van der Waals surface area contributed by atoms with Gasteiger partial charge in [-0.2, -0.15) is 5.10 Å². The lowest BCUT2D eigenvalue weighted by molar-refractivity contribution is 0.249. The maximum absolute atomic E-state index is 12.9. The third-order valence-corrected chi connectivity index (χ3v) is 6.25. The summed E-state index contributed by atoms with van der Waals surface area (Å²) in [4.78, 5) is 22.3. The van der Waals surface area contributed by atoms with Gasteiger partial charge in [0.25, 0.3) is 5.56 Å². The number of hydrogen-bond donors (Lipinski definition) is 0. The second-order valence-corrected chi connectivity index (χ2v) is 8.32. The SMILES string of the molecule is CN(C)C1CCN(c2ccc3nc(-c4ccc5c(cnn5C)c4)cc(=O)n3c2)CC1. The number of nitrogens with zero attached hydrogens (tertiary/aromatic N) is 6. The summed E-state index contributed by atoms with van der Waals surface area (Å²) in [5.74, 6) is 0. The van der Waals surface area contributed by atoms with Crippen molar-refractivity contribution in [3.63, 3.8) is 0 Å². The quantitative estimate of drug-likeness (QED) is 0.527. The fourth-order valence-corrected chi connectivity index (χ4v) is 4.39. The molecule has 3 aromatic heterocycles. The van der Waals surface area contributed by atoms with Gasteiger partial charge in [0, 0.05) is 49.4 Å². The molecule has 5 rings (SSSR count). The first-order valence-electron chi connectivity index (χ1n) is 10.4. The molecule has 0 N–H and O–H groups in total. The van der Waals surface area contributed by atoms with Crippen LogP contribution in [-0.2, 0) is 7.05 Å². The largest absolute Gasteiger partial charge is 0.370 e. The van der Waals surface area contributed by atoms with Crippen molar-refractivity contribution in [1.82, 2.24) is 24.1 Å². The molecule has 0 atom stereocenters. The predicted molar refractivity (Wildman–Crippen MR) is 120 cm³/mol. The standard InChI is InChI=1S/C23H26N6O/c1-26(2)18-8-10-28(11-9-18)19-5-7-22-25-20(13-23(30)29(22)15-19)16-4-6-21-17(12-16)14-24-27(21)3/h4-7,12-15,18H,8-11H2,1-3H3. The Morgan fingerprint density at radius 1 is 1.07 bits per heavy atom. The zero-order valence-corrected chi connectivity index (χ0v) is 17.6. The first kappa shape index (κ1) is 18.8. The van der Waals surface area contributed by atoms with E-state index < -0.39 is 0 Å². The Labute approximate surface area is 175 Å². The minimum atomic E-state index is -0.0636. The average Bonchev–Trinajstić information content (AvgIpc) is 3.13. The first-order valence-corrected chi connectivity index (χ1v) is 10.4. The molecule has 1 aliphatic heterocycles. The average molecular weight is 403 g/mol. The van der Waals surface area contributed by atoms with Crippen molar-refractivity contribution >= 4 is 22.2 Å². The van der Waals surface area contributed by atoms with Gasteiger partial charge in [-0.05, 0) is 51.2 Å². The molecule has 0 saturated carbocycles. The molecule has 7 nitrogen and oxygen atoms in total. The molecule has 4 aromatic rings. The Hall–Kier alpha value is -3.19. The number of benzene rings is 1. The zero-order valence-electron chi connectivity index (χ0n) is 17.6. The van der Waals surface area contributed by atoms with E-state index in [1.54, 1.807) is 10.5 Å². The molecule has 154 valence electrons. The summed E-state index contributed by atoms with van der Waals surface area (Å²) in [6, 6.07) is 12.3. The van der Waals surface area contributed by atoms with Crippen LogP contribution in [0.25, 0.3) is 27.8 Å². The van der Waals surface area contributed by atoms with Crippen molar-refractivity contribution in [2.75, 3.05) is 32.1 Å². The molecule has 0 spiro atoms. The van der Waals surface area contributed by atoms with E-state index in [1.807, 2.05) is 48.4 Å². The van der Waals surface area contributed by atoms with Gasteiger partial charge < -0.3 is 9.80 Å². The molecule has 1 fully saturated rings. The Balaban J connectivity index is 1.47. The van der Waals surface area contributed by atoms with Gasteiger partial charge in [0.15, 0.2) is 0 Å². The molecule has 0 unspecified atom stereocenters. The normalized spacial score (nSPS) is 15.5. The van der Waals surface area contributed by atoms with Crippen molar-refractivity contribution in [3.8, 4) is 11.3 Å². The summed E-state index contributed by atoms with van der Waals surface area (Å²) in [5.41, 5.74) is 4.34. The van der Waals surface area contributed by atoms with Crippen molar-refractivity contribution < 1.29 is 0 Å². The molecule has 30 heavy (non-hydrogen) atoms. The van der Waals surface area contributed by atoms with Crippen LogP contribution in [0.2, 0.25) is 0 Å². The second kappa shape index (κ2) is 7.25. The van der Waals surface area contributed by atoms with Gasteiger partial charge in [-0.3, -0.25) is 13.9 Å². The molecular weight excluding hydrogens is 376 g/mol. The fourth-order valence-electron chi connectivity index (χ4n) is 4.39. The zero-order chi connectivity index (χ0) is 20.8. The van der Waals surface area contributed by atoms with E-state index in [2.05, 4.69) is 35.1 Å². The van der Waals surface area contributed by atoms with Crippen molar-refractivity contribution in [3.05, 3.63) is 59.1 Å². The number of aryl methyl sites for hydroxylation is 1. The number of hydrogen-bond acceptors (Lipinski definition) is 5. The number of aromatic nitrogens is 4. The van der Waals surface area contributed by atoms with Crippen molar-refractivity contribution in [2.45, 2.75) is 18.9 Å². The minimum Gasteiger partial charge on any atom is -0.370 e. The molecule has 1 aliphatic rings. The number of anilines is 1. The summed E-state index contributed by atoms with van der Waals surface area (Å²) >= 11 is 0. The van der Waals surface area contributed by atoms with Crippen LogP contribution in [-0.4, -0.2) is 57.3 Å². The third kappa shape index (κ3) is 3.25. The van der Waals surface area contributed by atoms with Gasteiger partial charge in [0.05, 0.1) is 23.1 Å². The first-order chi connectivity index (χ1) is 14.5. The van der Waals surface area contributed by atoms with E-state index in [0.29, 0.717) is 17.4 Å². The summed E-state index contributed by atoms with van der Waals surface area (Å²) in [6.45, 7) is 2.00. The van der Waals surface area contributed by atoms with Crippen LogP contribution in [0.4, 0.5) is 5.69 Å². The van der Waals surface area contributed by atoms with Gasteiger partial charge in [-0.25, -0.2) is 4.98 Å². The smallest absolute Gasteiger partial charge is 0.258 e. The van der Waals surface area contributed by atoms with Gasteiger partial charge in [0.2, 0.25) is 0 Å². The summed E-state index contributed by atoms with van der Waals surface area (Å²) in [6.07, 6.45) is 6.02. The summed E-state index contributed by atoms with van der Waals surface area (Å²) in [5, 5.41) is 5.33. The second-order valence-electron chi connectivity index (χ2n) is 8.32. The molecule has 0 aliphatic carbocycles. The number of fused-ring (bicyclic) bond motifs is 2. The highest BCUT2D eigenvalue weighted by molar-refractivity contribution is 5.84. The van der Waals surface area contributed by atoms with Gasteiger partial charge in [0.1, 0.15) is 5.65 Å². The Morgan fingerprint density at radius 3 is 2.63 bits per heavy atom. The molecule has 0 radical (unpaired) electrons. The lowest BCUT2D eigenvalue weighted by atomic mass is 10.0. The van der Waals surface area contributed by atoms with E-state index in [1.165, 1.54) is 0 Å². The maximum Gasteiger partial charge on any atom is 0.258 e. The maximum atomic E-state index is 12.9. The van der Waals surface area contributed by atoms with Crippen LogP contribution in [0.1, 0.15) is 12.8 Å². The van der Waals surface area contributed by atoms with Gasteiger partial charge >= 0.3 is 0 Å². The molecule has 1 saturated heterocycles. The van der Waals surface area contributed by atoms with Crippen LogP contribution < -0.4 is 10.5 Å². The highest BCUT2D eigenvalue weighted by Crippen LogP contribution is 2.24. The molecule has 1 aromatic carbocycles. The van der Waals surface area contributed by atoms with E-state index in [9.17, 15) is 4.79 Å². The van der Waals surface area contributed by atoms with E-state index in [4.69, 9.17) is 4.98 Å². The number of rotatable bonds is 3. The number of pyridine rings is 1. The predicted octanol–water partition coefficient (Wildman–Crippen LogP) is 2.78. The Morgan fingerprint density at radius 2 is 1.87 bits per heavy atom. The molecule has 0 amide bonds. The van der Waals surface area contributed by atoms with E-state index >= 15 is 0 Å². The van der Waals surface area contributed by atoms with Crippen LogP contribution >= 0.6 is 0 Å². The van der Waals surface area contributed by atoms with Crippen molar-refractivity contribution in [1.29, 1.82) is 0 Å². The highest BCUT2D eigenvalue weighted by atomic mass is 16.1. The highest BCUT2D eigenvalue weighted by Gasteiger charge is 2.21. The Kier molecular flexibility index (Phi) is 4.55. The minimum absolute atomic E-state index is 0.0636. The van der Waals surface area contributed by atoms with Crippen LogP contribution in [0.5, 0.6) is 0 Å². The van der Waals surface area contributed by atoms with Gasteiger partial charge in [-0.1, -0.05) is 6.07 Å². The fraction of sp³-hybridized carbons (Fsp3) is 0.348. The molecule has 0 bridgehead atoms. The lowest BCUT2D eigenvalue weighted by Crippen LogP contribution is -2.42.